The first-order valence-corrected chi connectivity index (χ1v) is 10.4. The lowest BCUT2D eigenvalue weighted by Gasteiger charge is -2.22. The second kappa shape index (κ2) is 8.95. The highest BCUT2D eigenvalue weighted by atomic mass is 16.5. The number of benzene rings is 1. The number of ether oxygens (including phenoxy) is 1. The molecule has 0 bridgehead atoms. The summed E-state index contributed by atoms with van der Waals surface area (Å²) in [4.78, 5) is 28.7. The van der Waals surface area contributed by atoms with Crippen LogP contribution in [-0.4, -0.2) is 60.4 Å². The van der Waals surface area contributed by atoms with Gasteiger partial charge in [-0.15, -0.1) is 0 Å². The monoisotopic (exact) mass is 387 g/mol. The molecule has 2 heterocycles. The Labute approximate surface area is 168 Å². The summed E-state index contributed by atoms with van der Waals surface area (Å²) in [5.74, 6) is 1.25. The van der Waals surface area contributed by atoms with Gasteiger partial charge < -0.3 is 15.0 Å². The van der Waals surface area contributed by atoms with Gasteiger partial charge in [0.2, 0.25) is 11.8 Å². The number of fused-ring (bicyclic) bond motifs is 1. The highest BCUT2D eigenvalue weighted by molar-refractivity contribution is 5.89. The summed E-state index contributed by atoms with van der Waals surface area (Å²) in [5.41, 5.74) is 2.42. The normalized spacial score (nSPS) is 22.8. The van der Waals surface area contributed by atoms with Crippen molar-refractivity contribution < 1.29 is 14.3 Å². The highest BCUT2D eigenvalue weighted by Gasteiger charge is 2.34. The summed E-state index contributed by atoms with van der Waals surface area (Å²) in [5, 5.41) is 3.04. The van der Waals surface area contributed by atoms with Gasteiger partial charge in [-0.1, -0.05) is 31.5 Å². The van der Waals surface area contributed by atoms with E-state index in [1.54, 1.807) is 0 Å². The number of nitrogens with one attached hydrogen (secondary N) is 1. The molecule has 0 radical (unpaired) electrons. The van der Waals surface area contributed by atoms with Gasteiger partial charge >= 0.3 is 0 Å². The average molecular weight is 388 g/mol. The first-order chi connectivity index (χ1) is 13.3. The molecule has 6 nitrogen and oxygen atoms in total. The second-order valence-corrected chi connectivity index (χ2v) is 8.66. The van der Waals surface area contributed by atoms with E-state index in [1.807, 2.05) is 11.0 Å². The average Bonchev–Trinajstić information content (AvgIpc) is 2.88. The Bertz CT molecular complexity index is 719. The van der Waals surface area contributed by atoms with E-state index in [-0.39, 0.29) is 23.8 Å². The zero-order valence-corrected chi connectivity index (χ0v) is 17.5. The number of hydrogen-bond acceptors (Lipinski definition) is 4. The topological polar surface area (TPSA) is 61.9 Å². The Kier molecular flexibility index (Phi) is 6.60. The Hall–Kier alpha value is -2.08. The van der Waals surface area contributed by atoms with Gasteiger partial charge in [-0.3, -0.25) is 14.5 Å². The molecule has 2 aliphatic rings. The predicted molar refractivity (Wildman–Crippen MR) is 109 cm³/mol. The molecular weight excluding hydrogens is 354 g/mol. The standard InChI is InChI=1S/C22H33N3O3/c1-15(2)11-25-14-19(10-21(25)26)22(27)23-7-8-24-12-17(4)28-20-6-5-16(3)9-18(20)13-24/h5-6,9,15,17,19H,7-8,10-14H2,1-4H3,(H,23,27). The number of nitrogens with zero attached hydrogens (tertiary/aromatic N) is 2. The van der Waals surface area contributed by atoms with Crippen molar-refractivity contribution in [1.82, 2.24) is 15.1 Å². The van der Waals surface area contributed by atoms with Gasteiger partial charge in [0, 0.05) is 51.3 Å². The van der Waals surface area contributed by atoms with Crippen molar-refractivity contribution in [3.05, 3.63) is 29.3 Å². The lowest BCUT2D eigenvalue weighted by molar-refractivity contribution is -0.129. The molecule has 0 aromatic heterocycles. The van der Waals surface area contributed by atoms with Crippen LogP contribution in [0, 0.1) is 18.8 Å². The van der Waals surface area contributed by atoms with Gasteiger partial charge in [-0.05, 0) is 25.8 Å². The van der Waals surface area contributed by atoms with E-state index < -0.39 is 0 Å². The van der Waals surface area contributed by atoms with Crippen molar-refractivity contribution in [1.29, 1.82) is 0 Å². The van der Waals surface area contributed by atoms with E-state index in [9.17, 15) is 9.59 Å². The van der Waals surface area contributed by atoms with Crippen LogP contribution in [0.2, 0.25) is 0 Å². The molecule has 154 valence electrons. The lowest BCUT2D eigenvalue weighted by Crippen LogP contribution is -2.40. The summed E-state index contributed by atoms with van der Waals surface area (Å²) in [6.45, 7) is 12.6. The van der Waals surface area contributed by atoms with Crippen LogP contribution in [-0.2, 0) is 16.1 Å². The number of hydrogen-bond donors (Lipinski definition) is 1. The summed E-state index contributed by atoms with van der Waals surface area (Å²) in [7, 11) is 0. The number of carbonyl (C=O) groups excluding carboxylic acids is 2. The molecule has 1 aromatic carbocycles. The molecule has 2 aliphatic heterocycles. The minimum Gasteiger partial charge on any atom is -0.489 e. The van der Waals surface area contributed by atoms with Crippen LogP contribution in [0.4, 0.5) is 0 Å². The maximum absolute atomic E-state index is 12.5. The highest BCUT2D eigenvalue weighted by Crippen LogP contribution is 2.26. The maximum Gasteiger partial charge on any atom is 0.225 e. The molecule has 0 spiro atoms. The minimum atomic E-state index is -0.221. The van der Waals surface area contributed by atoms with E-state index >= 15 is 0 Å². The van der Waals surface area contributed by atoms with Gasteiger partial charge in [0.25, 0.3) is 0 Å². The molecule has 3 rings (SSSR count). The summed E-state index contributed by atoms with van der Waals surface area (Å²) in [6, 6.07) is 6.30. The zero-order chi connectivity index (χ0) is 20.3. The van der Waals surface area contributed by atoms with Crippen LogP contribution in [0.5, 0.6) is 5.75 Å². The molecule has 1 aromatic rings. The third kappa shape index (κ3) is 5.25. The number of carbonyl (C=O) groups is 2. The van der Waals surface area contributed by atoms with Crippen LogP contribution < -0.4 is 10.1 Å². The SMILES string of the molecule is Cc1ccc2c(c1)CN(CCNC(=O)C1CC(=O)N(CC(C)C)C1)CC(C)O2. The van der Waals surface area contributed by atoms with Gasteiger partial charge in [0.1, 0.15) is 11.9 Å². The van der Waals surface area contributed by atoms with Crippen LogP contribution in [0.15, 0.2) is 18.2 Å². The number of rotatable bonds is 6. The van der Waals surface area contributed by atoms with Gasteiger partial charge in [-0.2, -0.15) is 0 Å². The summed E-state index contributed by atoms with van der Waals surface area (Å²) >= 11 is 0. The molecule has 28 heavy (non-hydrogen) atoms. The van der Waals surface area contributed by atoms with Crippen molar-refractivity contribution in [2.75, 3.05) is 32.7 Å². The van der Waals surface area contributed by atoms with E-state index in [1.165, 1.54) is 11.1 Å². The number of likely N-dealkylation sites (tertiary alicyclic amines) is 1. The molecule has 0 saturated carbocycles. The van der Waals surface area contributed by atoms with Gasteiger partial charge in [0.15, 0.2) is 0 Å². The quantitative estimate of drug-likeness (QED) is 0.813. The van der Waals surface area contributed by atoms with Crippen molar-refractivity contribution in [3.63, 3.8) is 0 Å². The Morgan fingerprint density at radius 2 is 2.11 bits per heavy atom. The summed E-state index contributed by atoms with van der Waals surface area (Å²) < 4.78 is 6.03. The lowest BCUT2D eigenvalue weighted by atomic mass is 10.1. The molecule has 2 atom stereocenters. The molecule has 1 fully saturated rings. The van der Waals surface area contributed by atoms with Crippen LogP contribution in [0.1, 0.15) is 38.3 Å². The van der Waals surface area contributed by atoms with Crippen LogP contribution in [0.3, 0.4) is 0 Å². The fraction of sp³-hybridized carbons (Fsp3) is 0.636. The molecule has 6 heteroatoms. The fourth-order valence-corrected chi connectivity index (χ4v) is 4.09. The van der Waals surface area contributed by atoms with Crippen molar-refractivity contribution >= 4 is 11.8 Å². The van der Waals surface area contributed by atoms with E-state index in [0.717, 1.165) is 31.9 Å². The first kappa shape index (κ1) is 20.6. The Balaban J connectivity index is 1.49. The van der Waals surface area contributed by atoms with E-state index in [4.69, 9.17) is 4.74 Å². The molecule has 2 amide bonds. The third-order valence-electron chi connectivity index (χ3n) is 5.35. The van der Waals surface area contributed by atoms with E-state index in [0.29, 0.717) is 25.4 Å². The largest absolute Gasteiger partial charge is 0.489 e. The fourth-order valence-electron chi connectivity index (χ4n) is 4.09. The van der Waals surface area contributed by atoms with Crippen molar-refractivity contribution in [2.45, 2.75) is 46.8 Å². The van der Waals surface area contributed by atoms with Gasteiger partial charge in [0.05, 0.1) is 5.92 Å². The van der Waals surface area contributed by atoms with Gasteiger partial charge in [-0.25, -0.2) is 0 Å². The number of aryl methyl sites for hydroxylation is 1. The molecular formula is C22H33N3O3. The van der Waals surface area contributed by atoms with Crippen molar-refractivity contribution in [3.8, 4) is 5.75 Å². The maximum atomic E-state index is 12.5. The molecule has 1 saturated heterocycles. The molecule has 2 unspecified atom stereocenters. The zero-order valence-electron chi connectivity index (χ0n) is 17.5. The van der Waals surface area contributed by atoms with E-state index in [2.05, 4.69) is 50.0 Å². The van der Waals surface area contributed by atoms with Crippen LogP contribution in [0.25, 0.3) is 0 Å². The Morgan fingerprint density at radius 3 is 2.86 bits per heavy atom. The number of amides is 2. The smallest absolute Gasteiger partial charge is 0.225 e. The van der Waals surface area contributed by atoms with Crippen molar-refractivity contribution in [2.24, 2.45) is 11.8 Å². The third-order valence-corrected chi connectivity index (χ3v) is 5.35. The minimum absolute atomic E-state index is 0.00466. The second-order valence-electron chi connectivity index (χ2n) is 8.66. The molecule has 1 N–H and O–H groups in total. The Morgan fingerprint density at radius 1 is 1.32 bits per heavy atom. The molecule has 0 aliphatic carbocycles. The van der Waals surface area contributed by atoms with Crippen LogP contribution >= 0.6 is 0 Å². The summed E-state index contributed by atoms with van der Waals surface area (Å²) in [6.07, 6.45) is 0.441. The predicted octanol–water partition coefficient (Wildman–Crippen LogP) is 2.20. The first-order valence-electron chi connectivity index (χ1n) is 10.4.